The van der Waals surface area contributed by atoms with Crippen LogP contribution in [-0.4, -0.2) is 27.5 Å². The van der Waals surface area contributed by atoms with Gasteiger partial charge in [-0.1, -0.05) is 30.3 Å². The third-order valence-electron chi connectivity index (χ3n) is 2.83. The highest BCUT2D eigenvalue weighted by Crippen LogP contribution is 2.15. The van der Waals surface area contributed by atoms with Gasteiger partial charge < -0.3 is 16.2 Å². The van der Waals surface area contributed by atoms with Crippen molar-refractivity contribution < 1.29 is 9.90 Å². The fourth-order valence-electron chi connectivity index (χ4n) is 1.77. The van der Waals surface area contributed by atoms with E-state index in [0.29, 0.717) is 13.0 Å². The third-order valence-corrected chi connectivity index (χ3v) is 2.83. The van der Waals surface area contributed by atoms with E-state index in [1.807, 2.05) is 30.3 Å². The van der Waals surface area contributed by atoms with Crippen LogP contribution < -0.4 is 11.1 Å². The maximum atomic E-state index is 11.8. The van der Waals surface area contributed by atoms with Crippen molar-refractivity contribution in [3.63, 3.8) is 0 Å². The van der Waals surface area contributed by atoms with Crippen molar-refractivity contribution in [2.24, 2.45) is 0 Å². The summed E-state index contributed by atoms with van der Waals surface area (Å²) in [6.45, 7) is 0.324. The normalized spacial score (nSPS) is 11.8. The van der Waals surface area contributed by atoms with E-state index in [2.05, 4.69) is 15.3 Å². The van der Waals surface area contributed by atoms with Crippen LogP contribution in [0, 0.1) is 0 Å². The van der Waals surface area contributed by atoms with Crippen LogP contribution in [-0.2, 0) is 0 Å². The van der Waals surface area contributed by atoms with Gasteiger partial charge in [0.15, 0.2) is 11.5 Å². The summed E-state index contributed by atoms with van der Waals surface area (Å²) in [6, 6.07) is 9.28. The maximum Gasteiger partial charge on any atom is 0.273 e. The summed E-state index contributed by atoms with van der Waals surface area (Å²) >= 11 is 0. The Morgan fingerprint density at radius 3 is 2.65 bits per heavy atom. The number of nitrogens with two attached hydrogens (primary N) is 1. The number of carbonyl (C=O) groups is 1. The van der Waals surface area contributed by atoms with Gasteiger partial charge in [-0.25, -0.2) is 9.97 Å². The largest absolute Gasteiger partial charge is 0.388 e. The molecule has 1 unspecified atom stereocenters. The Morgan fingerprint density at radius 1 is 1.25 bits per heavy atom. The zero-order valence-corrected chi connectivity index (χ0v) is 10.9. The molecular formula is C14H16N4O2. The van der Waals surface area contributed by atoms with Crippen LogP contribution in [0.15, 0.2) is 42.7 Å². The van der Waals surface area contributed by atoms with Crippen LogP contribution in [0.25, 0.3) is 0 Å². The minimum absolute atomic E-state index is 0.0913. The highest BCUT2D eigenvalue weighted by Gasteiger charge is 2.12. The van der Waals surface area contributed by atoms with Gasteiger partial charge in [-0.15, -0.1) is 0 Å². The molecule has 0 aliphatic carbocycles. The van der Waals surface area contributed by atoms with E-state index < -0.39 is 12.0 Å². The van der Waals surface area contributed by atoms with Crippen LogP contribution in [0.5, 0.6) is 0 Å². The number of aliphatic hydroxyl groups is 1. The molecule has 0 radical (unpaired) electrons. The van der Waals surface area contributed by atoms with E-state index in [1.54, 1.807) is 0 Å². The fraction of sp³-hybridized carbons (Fsp3) is 0.214. The number of rotatable bonds is 5. The average molecular weight is 272 g/mol. The van der Waals surface area contributed by atoms with Crippen LogP contribution in [0.2, 0.25) is 0 Å². The second kappa shape index (κ2) is 6.63. The molecule has 0 saturated heterocycles. The van der Waals surface area contributed by atoms with E-state index >= 15 is 0 Å². The summed E-state index contributed by atoms with van der Waals surface area (Å²) in [5, 5.41) is 12.6. The first-order valence-corrected chi connectivity index (χ1v) is 6.26. The number of benzene rings is 1. The lowest BCUT2D eigenvalue weighted by Crippen LogP contribution is -2.27. The van der Waals surface area contributed by atoms with Gasteiger partial charge in [0.05, 0.1) is 6.10 Å². The third kappa shape index (κ3) is 3.52. The Hall–Kier alpha value is -2.47. The van der Waals surface area contributed by atoms with Crippen molar-refractivity contribution in [1.29, 1.82) is 0 Å². The summed E-state index contributed by atoms with van der Waals surface area (Å²) in [4.78, 5) is 19.5. The van der Waals surface area contributed by atoms with Gasteiger partial charge in [0.25, 0.3) is 5.91 Å². The van der Waals surface area contributed by atoms with Gasteiger partial charge in [0, 0.05) is 18.9 Å². The van der Waals surface area contributed by atoms with Crippen LogP contribution in [0.1, 0.15) is 28.6 Å². The van der Waals surface area contributed by atoms with Gasteiger partial charge >= 0.3 is 0 Å². The Labute approximate surface area is 116 Å². The standard InChI is InChI=1S/C14H16N4O2/c15-13-12(16-8-9-17-13)14(20)18-7-6-11(19)10-4-2-1-3-5-10/h1-5,8-9,11,19H,6-7H2,(H2,15,17)(H,18,20). The number of carbonyl (C=O) groups excluding carboxylic acids is 1. The molecule has 104 valence electrons. The summed E-state index contributed by atoms with van der Waals surface area (Å²) in [5.74, 6) is -0.301. The molecule has 20 heavy (non-hydrogen) atoms. The van der Waals surface area contributed by atoms with E-state index in [4.69, 9.17) is 5.73 Å². The summed E-state index contributed by atoms with van der Waals surface area (Å²) in [5.41, 5.74) is 6.48. The Balaban J connectivity index is 1.84. The zero-order chi connectivity index (χ0) is 14.4. The Bertz CT molecular complexity index is 574. The van der Waals surface area contributed by atoms with Crippen LogP contribution >= 0.6 is 0 Å². The molecule has 2 rings (SSSR count). The van der Waals surface area contributed by atoms with E-state index in [1.165, 1.54) is 12.4 Å². The predicted octanol–water partition coefficient (Wildman–Crippen LogP) is 0.912. The highest BCUT2D eigenvalue weighted by atomic mass is 16.3. The number of nitrogens with zero attached hydrogens (tertiary/aromatic N) is 2. The highest BCUT2D eigenvalue weighted by molar-refractivity contribution is 5.96. The van der Waals surface area contributed by atoms with E-state index in [0.717, 1.165) is 5.56 Å². The monoisotopic (exact) mass is 272 g/mol. The number of aliphatic hydroxyl groups excluding tert-OH is 1. The SMILES string of the molecule is Nc1nccnc1C(=O)NCCC(O)c1ccccc1. The number of amides is 1. The number of nitrogen functional groups attached to an aromatic ring is 1. The zero-order valence-electron chi connectivity index (χ0n) is 10.9. The second-order valence-electron chi connectivity index (χ2n) is 4.26. The lowest BCUT2D eigenvalue weighted by atomic mass is 10.1. The van der Waals surface area contributed by atoms with Gasteiger partial charge in [-0.3, -0.25) is 4.79 Å². The first-order valence-electron chi connectivity index (χ1n) is 6.26. The van der Waals surface area contributed by atoms with Gasteiger partial charge in [-0.05, 0) is 12.0 Å². The molecule has 0 aliphatic rings. The molecule has 6 heteroatoms. The molecule has 0 saturated carbocycles. The molecule has 0 spiro atoms. The van der Waals surface area contributed by atoms with Crippen LogP contribution in [0.4, 0.5) is 5.82 Å². The molecule has 1 amide bonds. The van der Waals surface area contributed by atoms with Crippen molar-refractivity contribution in [3.05, 3.63) is 54.0 Å². The number of hydrogen-bond acceptors (Lipinski definition) is 5. The van der Waals surface area contributed by atoms with Gasteiger partial charge in [0.2, 0.25) is 0 Å². The molecule has 6 nitrogen and oxygen atoms in total. The van der Waals surface area contributed by atoms with E-state index in [9.17, 15) is 9.90 Å². The van der Waals surface area contributed by atoms with Crippen molar-refractivity contribution in [3.8, 4) is 0 Å². The van der Waals surface area contributed by atoms with Crippen molar-refractivity contribution in [2.45, 2.75) is 12.5 Å². The molecule has 1 heterocycles. The van der Waals surface area contributed by atoms with Gasteiger partial charge in [-0.2, -0.15) is 0 Å². The van der Waals surface area contributed by atoms with Crippen molar-refractivity contribution in [1.82, 2.24) is 15.3 Å². The molecule has 0 aliphatic heterocycles. The van der Waals surface area contributed by atoms with Gasteiger partial charge in [0.1, 0.15) is 0 Å². The Kier molecular flexibility index (Phi) is 4.62. The van der Waals surface area contributed by atoms with E-state index in [-0.39, 0.29) is 11.5 Å². The maximum absolute atomic E-state index is 11.8. The molecule has 1 aromatic heterocycles. The summed E-state index contributed by atoms with van der Waals surface area (Å²) in [7, 11) is 0. The lowest BCUT2D eigenvalue weighted by Gasteiger charge is -2.11. The number of aromatic nitrogens is 2. The predicted molar refractivity (Wildman–Crippen MR) is 74.8 cm³/mol. The smallest absolute Gasteiger partial charge is 0.273 e. The quantitative estimate of drug-likeness (QED) is 0.751. The number of anilines is 1. The Morgan fingerprint density at radius 2 is 1.95 bits per heavy atom. The van der Waals surface area contributed by atoms with Crippen molar-refractivity contribution >= 4 is 11.7 Å². The number of nitrogens with one attached hydrogen (secondary N) is 1. The molecule has 4 N–H and O–H groups in total. The topological polar surface area (TPSA) is 101 Å². The minimum atomic E-state index is -0.615. The second-order valence-corrected chi connectivity index (χ2v) is 4.26. The molecule has 2 aromatic rings. The molecule has 0 fully saturated rings. The summed E-state index contributed by atoms with van der Waals surface area (Å²) < 4.78 is 0. The molecule has 1 atom stereocenters. The van der Waals surface area contributed by atoms with Crippen LogP contribution in [0.3, 0.4) is 0 Å². The lowest BCUT2D eigenvalue weighted by molar-refractivity contribution is 0.0938. The molecule has 0 bridgehead atoms. The minimum Gasteiger partial charge on any atom is -0.388 e. The first kappa shape index (κ1) is 14.0. The molecule has 1 aromatic carbocycles. The summed E-state index contributed by atoms with van der Waals surface area (Å²) in [6.07, 6.45) is 2.63. The average Bonchev–Trinajstić information content (AvgIpc) is 2.48. The fourth-order valence-corrected chi connectivity index (χ4v) is 1.77. The first-order chi connectivity index (χ1) is 9.68. The number of hydrogen-bond donors (Lipinski definition) is 3. The van der Waals surface area contributed by atoms with Crippen molar-refractivity contribution in [2.75, 3.05) is 12.3 Å². The molecular weight excluding hydrogens is 256 g/mol.